The number of hydrogen-bond donors (Lipinski definition) is 2. The smallest absolute Gasteiger partial charge is 0.275 e. The van der Waals surface area contributed by atoms with Crippen LogP contribution in [0.4, 0.5) is 0 Å². The van der Waals surface area contributed by atoms with Crippen LogP contribution in [0.2, 0.25) is 0 Å². The van der Waals surface area contributed by atoms with Crippen LogP contribution in [0.25, 0.3) is 0 Å². The monoisotopic (exact) mass is 317 g/mol. The first kappa shape index (κ1) is 15.7. The van der Waals surface area contributed by atoms with Gasteiger partial charge in [0.2, 0.25) is 0 Å². The van der Waals surface area contributed by atoms with Crippen LogP contribution < -0.4 is 0 Å². The average molecular weight is 317 g/mol. The van der Waals surface area contributed by atoms with Gasteiger partial charge >= 0.3 is 0 Å². The summed E-state index contributed by atoms with van der Waals surface area (Å²) < 4.78 is 5.57. The van der Waals surface area contributed by atoms with Gasteiger partial charge in [0.1, 0.15) is 5.69 Å². The van der Waals surface area contributed by atoms with Crippen LogP contribution in [0.3, 0.4) is 0 Å². The Labute approximate surface area is 135 Å². The lowest BCUT2D eigenvalue weighted by atomic mass is 9.92. The first-order valence-electron chi connectivity index (χ1n) is 7.82. The fraction of sp³-hybridized carbons (Fsp3) is 0.562. The number of aryl methyl sites for hydroxylation is 1. The lowest BCUT2D eigenvalue weighted by Gasteiger charge is -2.34. The van der Waals surface area contributed by atoms with Gasteiger partial charge in [-0.15, -0.1) is 0 Å². The van der Waals surface area contributed by atoms with Crippen molar-refractivity contribution in [2.75, 3.05) is 19.8 Å². The van der Waals surface area contributed by atoms with Crippen LogP contribution in [0.15, 0.2) is 12.3 Å². The van der Waals surface area contributed by atoms with Crippen molar-refractivity contribution in [3.63, 3.8) is 0 Å². The summed E-state index contributed by atoms with van der Waals surface area (Å²) in [5, 5.41) is 14.2. The van der Waals surface area contributed by atoms with E-state index in [1.165, 1.54) is 0 Å². The molecule has 23 heavy (non-hydrogen) atoms. The predicted octanol–water partition coefficient (Wildman–Crippen LogP) is 1.95. The molecule has 0 unspecified atom stereocenters. The number of aromatic nitrogens is 4. The lowest BCUT2D eigenvalue weighted by Crippen LogP contribution is -2.44. The zero-order valence-electron chi connectivity index (χ0n) is 14.0. The minimum atomic E-state index is -0.159. The molecule has 1 saturated heterocycles. The third kappa shape index (κ3) is 3.01. The van der Waals surface area contributed by atoms with Gasteiger partial charge in [0.05, 0.1) is 31.1 Å². The number of rotatable bonds is 2. The summed E-state index contributed by atoms with van der Waals surface area (Å²) in [6.07, 6.45) is 1.76. The van der Waals surface area contributed by atoms with E-state index in [9.17, 15) is 4.79 Å². The van der Waals surface area contributed by atoms with Gasteiger partial charge in [-0.3, -0.25) is 15.0 Å². The van der Waals surface area contributed by atoms with E-state index in [-0.39, 0.29) is 17.4 Å². The Hall–Kier alpha value is -2.15. The van der Waals surface area contributed by atoms with Crippen molar-refractivity contribution in [1.29, 1.82) is 0 Å². The fourth-order valence-electron chi connectivity index (χ4n) is 2.74. The highest BCUT2D eigenvalue weighted by Crippen LogP contribution is 2.27. The highest BCUT2D eigenvalue weighted by Gasteiger charge is 2.33. The van der Waals surface area contributed by atoms with Gasteiger partial charge < -0.3 is 9.64 Å². The quantitative estimate of drug-likeness (QED) is 0.886. The summed E-state index contributed by atoms with van der Waals surface area (Å²) in [6.45, 7) is 9.76. The van der Waals surface area contributed by atoms with Crippen molar-refractivity contribution < 1.29 is 9.53 Å². The molecular formula is C16H23N5O2. The first-order valence-corrected chi connectivity index (χ1v) is 7.82. The van der Waals surface area contributed by atoms with Gasteiger partial charge in [0, 0.05) is 17.7 Å². The molecule has 0 aromatic carbocycles. The molecular weight excluding hydrogens is 294 g/mol. The van der Waals surface area contributed by atoms with Crippen LogP contribution >= 0.6 is 0 Å². The molecule has 0 bridgehead atoms. The minimum absolute atomic E-state index is 0.0735. The summed E-state index contributed by atoms with van der Waals surface area (Å²) in [5.74, 6) is -0.0842. The maximum absolute atomic E-state index is 12.9. The van der Waals surface area contributed by atoms with Crippen LogP contribution in [-0.2, 0) is 10.2 Å². The third-order valence-corrected chi connectivity index (χ3v) is 4.20. The Bertz CT molecular complexity index is 697. The zero-order valence-corrected chi connectivity index (χ0v) is 14.0. The van der Waals surface area contributed by atoms with E-state index < -0.39 is 0 Å². The van der Waals surface area contributed by atoms with E-state index in [1.807, 2.05) is 17.9 Å². The average Bonchev–Trinajstić information content (AvgIpc) is 3.15. The van der Waals surface area contributed by atoms with Crippen LogP contribution in [0, 0.1) is 6.92 Å². The van der Waals surface area contributed by atoms with Crippen LogP contribution in [0.1, 0.15) is 54.3 Å². The SMILES string of the molecule is Cc1cn[nH]c1[C@@H]1COCCN1C(=O)c1cc(C(C)(C)C)[nH]n1. The molecule has 1 atom stereocenters. The molecule has 7 heteroatoms. The number of morpholine rings is 1. The highest BCUT2D eigenvalue weighted by molar-refractivity contribution is 5.92. The standard InChI is InChI=1S/C16H23N5O2/c1-10-8-17-20-14(10)12-9-23-6-5-21(12)15(22)11-7-13(19-18-11)16(2,3)4/h7-8,12H,5-6,9H2,1-4H3,(H,17,20)(H,18,19)/t12-/m0/s1. The number of aromatic amines is 2. The molecule has 0 aliphatic carbocycles. The Balaban J connectivity index is 1.87. The Morgan fingerprint density at radius 1 is 1.39 bits per heavy atom. The maximum Gasteiger partial charge on any atom is 0.275 e. The molecule has 0 saturated carbocycles. The number of hydrogen-bond acceptors (Lipinski definition) is 4. The van der Waals surface area contributed by atoms with E-state index in [4.69, 9.17) is 4.74 Å². The molecule has 2 aromatic heterocycles. The van der Waals surface area contributed by atoms with Crippen molar-refractivity contribution in [3.8, 4) is 0 Å². The van der Waals surface area contributed by atoms with Gasteiger partial charge in [-0.05, 0) is 18.6 Å². The lowest BCUT2D eigenvalue weighted by molar-refractivity contribution is -0.00438. The normalized spacial score (nSPS) is 19.1. The summed E-state index contributed by atoms with van der Waals surface area (Å²) in [6, 6.07) is 1.68. The summed E-state index contributed by atoms with van der Waals surface area (Å²) in [5.41, 5.74) is 3.26. The molecule has 3 heterocycles. The molecule has 1 aliphatic heterocycles. The number of nitrogens with one attached hydrogen (secondary N) is 2. The van der Waals surface area contributed by atoms with Crippen molar-refractivity contribution in [2.24, 2.45) is 0 Å². The number of carbonyl (C=O) groups excluding carboxylic acids is 1. The molecule has 0 spiro atoms. The molecule has 1 aliphatic rings. The van der Waals surface area contributed by atoms with E-state index in [0.29, 0.717) is 25.5 Å². The van der Waals surface area contributed by atoms with Crippen molar-refractivity contribution >= 4 is 5.91 Å². The number of H-pyrrole nitrogens is 2. The van der Waals surface area contributed by atoms with Gasteiger partial charge in [-0.1, -0.05) is 20.8 Å². The van der Waals surface area contributed by atoms with Crippen molar-refractivity contribution in [2.45, 2.75) is 39.2 Å². The molecule has 3 rings (SSSR count). The summed E-state index contributed by atoms with van der Waals surface area (Å²) >= 11 is 0. The molecule has 0 radical (unpaired) electrons. The molecule has 2 N–H and O–H groups in total. The number of amides is 1. The third-order valence-electron chi connectivity index (χ3n) is 4.20. The Morgan fingerprint density at radius 3 is 2.78 bits per heavy atom. The second-order valence-corrected chi connectivity index (χ2v) is 6.97. The van der Waals surface area contributed by atoms with Crippen LogP contribution in [-0.4, -0.2) is 51.0 Å². The molecule has 124 valence electrons. The summed E-state index contributed by atoms with van der Waals surface area (Å²) in [7, 11) is 0. The molecule has 1 fully saturated rings. The van der Waals surface area contributed by atoms with Gasteiger partial charge in [0.15, 0.2) is 0 Å². The second-order valence-electron chi connectivity index (χ2n) is 6.97. The van der Waals surface area contributed by atoms with Gasteiger partial charge in [0.25, 0.3) is 5.91 Å². The van der Waals surface area contributed by atoms with E-state index in [2.05, 4.69) is 41.2 Å². The first-order chi connectivity index (χ1) is 10.9. The predicted molar refractivity (Wildman–Crippen MR) is 85.2 cm³/mol. The van der Waals surface area contributed by atoms with Gasteiger partial charge in [-0.2, -0.15) is 10.2 Å². The number of ether oxygens (including phenoxy) is 1. The molecule has 1 amide bonds. The van der Waals surface area contributed by atoms with E-state index in [0.717, 1.165) is 17.0 Å². The molecule has 7 nitrogen and oxygen atoms in total. The van der Waals surface area contributed by atoms with E-state index in [1.54, 1.807) is 6.20 Å². The second kappa shape index (κ2) is 5.81. The number of nitrogens with zero attached hydrogens (tertiary/aromatic N) is 3. The fourth-order valence-corrected chi connectivity index (χ4v) is 2.74. The summed E-state index contributed by atoms with van der Waals surface area (Å²) in [4.78, 5) is 14.7. The van der Waals surface area contributed by atoms with Crippen molar-refractivity contribution in [1.82, 2.24) is 25.3 Å². The highest BCUT2D eigenvalue weighted by atomic mass is 16.5. The van der Waals surface area contributed by atoms with Crippen molar-refractivity contribution in [3.05, 3.63) is 34.9 Å². The Kier molecular flexibility index (Phi) is 3.97. The minimum Gasteiger partial charge on any atom is -0.377 e. The maximum atomic E-state index is 12.9. The molecule has 2 aromatic rings. The largest absolute Gasteiger partial charge is 0.377 e. The zero-order chi connectivity index (χ0) is 16.6. The van der Waals surface area contributed by atoms with Gasteiger partial charge in [-0.25, -0.2) is 0 Å². The van der Waals surface area contributed by atoms with Crippen LogP contribution in [0.5, 0.6) is 0 Å². The van der Waals surface area contributed by atoms with E-state index >= 15 is 0 Å². The Morgan fingerprint density at radius 2 is 2.17 bits per heavy atom. The number of carbonyl (C=O) groups is 1. The topological polar surface area (TPSA) is 86.9 Å².